The number of nitrogens with zero attached hydrogens (tertiary/aromatic N) is 3. The summed E-state index contributed by atoms with van der Waals surface area (Å²) in [4.78, 5) is 31.0. The van der Waals surface area contributed by atoms with E-state index in [0.717, 1.165) is 24.2 Å². The summed E-state index contributed by atoms with van der Waals surface area (Å²) in [6.07, 6.45) is 2.15. The maximum Gasteiger partial charge on any atom is 0.253 e. The van der Waals surface area contributed by atoms with Crippen LogP contribution in [0.25, 0.3) is 11.4 Å². The second kappa shape index (κ2) is 9.64. The summed E-state index contributed by atoms with van der Waals surface area (Å²) in [6, 6.07) is 14.5. The fourth-order valence-electron chi connectivity index (χ4n) is 3.78. The van der Waals surface area contributed by atoms with E-state index >= 15 is 0 Å². The average Bonchev–Trinajstić information content (AvgIpc) is 3.34. The Balaban J connectivity index is 1.46. The number of aromatic nitrogens is 2. The molecule has 1 aliphatic rings. The highest BCUT2D eigenvalue weighted by molar-refractivity contribution is 5.94. The van der Waals surface area contributed by atoms with E-state index in [1.54, 1.807) is 38.3 Å². The molecule has 32 heavy (non-hydrogen) atoms. The monoisotopic (exact) mass is 434 g/mol. The highest BCUT2D eigenvalue weighted by Gasteiger charge is 2.29. The molecule has 2 heterocycles. The largest absolute Gasteiger partial charge is 0.497 e. The van der Waals surface area contributed by atoms with Crippen LogP contribution in [0.15, 0.2) is 53.1 Å². The van der Waals surface area contributed by atoms with Gasteiger partial charge in [-0.1, -0.05) is 24.2 Å². The third kappa shape index (κ3) is 4.80. The first-order chi connectivity index (χ1) is 15.6. The third-order valence-electron chi connectivity index (χ3n) is 5.56. The summed E-state index contributed by atoms with van der Waals surface area (Å²) in [5, 5.41) is 6.97. The molecule has 0 bridgehead atoms. The van der Waals surface area contributed by atoms with E-state index in [9.17, 15) is 9.59 Å². The lowest BCUT2D eigenvalue weighted by molar-refractivity contribution is -0.115. The van der Waals surface area contributed by atoms with Gasteiger partial charge in [-0.05, 0) is 49.2 Å². The molecule has 0 aliphatic carbocycles. The van der Waals surface area contributed by atoms with Gasteiger partial charge in [0.25, 0.3) is 5.91 Å². The van der Waals surface area contributed by atoms with Crippen LogP contribution < -0.4 is 10.1 Å². The minimum Gasteiger partial charge on any atom is -0.497 e. The molecule has 8 nitrogen and oxygen atoms in total. The molecule has 0 spiro atoms. The number of rotatable bonds is 6. The smallest absolute Gasteiger partial charge is 0.253 e. The van der Waals surface area contributed by atoms with E-state index in [1.165, 1.54) is 0 Å². The number of likely N-dealkylation sites (tertiary alicyclic amines) is 1. The Morgan fingerprint density at radius 1 is 1.22 bits per heavy atom. The van der Waals surface area contributed by atoms with Crippen LogP contribution in [0, 0.1) is 0 Å². The van der Waals surface area contributed by atoms with Crippen LogP contribution >= 0.6 is 0 Å². The van der Waals surface area contributed by atoms with Crippen LogP contribution in [0.3, 0.4) is 0 Å². The van der Waals surface area contributed by atoms with Gasteiger partial charge in [0.1, 0.15) is 5.75 Å². The Bertz CT molecular complexity index is 1090. The second-order valence-corrected chi connectivity index (χ2v) is 7.76. The third-order valence-corrected chi connectivity index (χ3v) is 5.56. The van der Waals surface area contributed by atoms with Crippen LogP contribution in [0.4, 0.5) is 5.69 Å². The van der Waals surface area contributed by atoms with Gasteiger partial charge in [0, 0.05) is 36.3 Å². The Morgan fingerprint density at radius 2 is 2.03 bits per heavy atom. The number of methoxy groups -OCH3 is 1. The van der Waals surface area contributed by atoms with Crippen LogP contribution in [-0.2, 0) is 4.79 Å². The molecule has 166 valence electrons. The highest BCUT2D eigenvalue weighted by Crippen LogP contribution is 2.29. The Kier molecular flexibility index (Phi) is 6.49. The molecule has 1 fully saturated rings. The van der Waals surface area contributed by atoms with Gasteiger partial charge in [0.15, 0.2) is 0 Å². The van der Waals surface area contributed by atoms with Gasteiger partial charge in [-0.3, -0.25) is 9.59 Å². The lowest BCUT2D eigenvalue weighted by atomic mass is 9.97. The predicted molar refractivity (Wildman–Crippen MR) is 120 cm³/mol. The van der Waals surface area contributed by atoms with Crippen molar-refractivity contribution in [3.05, 3.63) is 60.0 Å². The molecule has 3 aromatic rings. The number of hydrogen-bond donors (Lipinski definition) is 1. The van der Waals surface area contributed by atoms with Crippen molar-refractivity contribution in [1.82, 2.24) is 15.0 Å². The molecule has 0 radical (unpaired) electrons. The van der Waals surface area contributed by atoms with Crippen molar-refractivity contribution in [3.8, 4) is 17.1 Å². The minimum absolute atomic E-state index is 0.0172. The molecule has 1 aromatic heterocycles. The summed E-state index contributed by atoms with van der Waals surface area (Å²) in [5.41, 5.74) is 2.08. The first kappa shape index (κ1) is 21.5. The number of benzene rings is 2. The molecular formula is C24H26N4O4. The van der Waals surface area contributed by atoms with Crippen molar-refractivity contribution in [2.45, 2.75) is 32.1 Å². The zero-order valence-electron chi connectivity index (χ0n) is 18.2. The number of piperidine rings is 1. The summed E-state index contributed by atoms with van der Waals surface area (Å²) in [7, 11) is 1.60. The van der Waals surface area contributed by atoms with Crippen LogP contribution in [0.5, 0.6) is 5.75 Å². The van der Waals surface area contributed by atoms with E-state index in [1.807, 2.05) is 29.2 Å². The first-order valence-corrected chi connectivity index (χ1v) is 10.7. The van der Waals surface area contributed by atoms with E-state index in [-0.39, 0.29) is 17.7 Å². The van der Waals surface area contributed by atoms with E-state index in [0.29, 0.717) is 42.5 Å². The quantitative estimate of drug-likeness (QED) is 0.627. The summed E-state index contributed by atoms with van der Waals surface area (Å²) < 4.78 is 10.7. The number of carbonyl (C=O) groups excluding carboxylic acids is 2. The van der Waals surface area contributed by atoms with Gasteiger partial charge >= 0.3 is 0 Å². The van der Waals surface area contributed by atoms with Gasteiger partial charge in [-0.2, -0.15) is 4.98 Å². The molecule has 1 unspecified atom stereocenters. The molecule has 1 saturated heterocycles. The van der Waals surface area contributed by atoms with E-state index < -0.39 is 0 Å². The van der Waals surface area contributed by atoms with Gasteiger partial charge in [-0.25, -0.2) is 0 Å². The lowest BCUT2D eigenvalue weighted by Gasteiger charge is -2.31. The molecule has 2 amide bonds. The first-order valence-electron chi connectivity index (χ1n) is 10.7. The van der Waals surface area contributed by atoms with Crippen molar-refractivity contribution in [2.24, 2.45) is 0 Å². The van der Waals surface area contributed by atoms with Gasteiger partial charge in [0.2, 0.25) is 17.6 Å². The van der Waals surface area contributed by atoms with Crippen molar-refractivity contribution >= 4 is 17.5 Å². The molecule has 1 N–H and O–H groups in total. The van der Waals surface area contributed by atoms with Crippen molar-refractivity contribution in [1.29, 1.82) is 0 Å². The van der Waals surface area contributed by atoms with Crippen LogP contribution in [0.2, 0.25) is 0 Å². The number of nitrogens with one attached hydrogen (secondary N) is 1. The van der Waals surface area contributed by atoms with Crippen molar-refractivity contribution in [2.75, 3.05) is 25.5 Å². The number of hydrogen-bond acceptors (Lipinski definition) is 6. The SMILES string of the molecule is CCC(=O)Nc1cccc(-c2noc(C3CCCN(C(=O)c4ccc(OC)cc4)C3)n2)c1. The Hall–Kier alpha value is -3.68. The van der Waals surface area contributed by atoms with Gasteiger partial charge < -0.3 is 19.5 Å². The molecule has 8 heteroatoms. The lowest BCUT2D eigenvalue weighted by Crippen LogP contribution is -2.39. The standard InChI is InChI=1S/C24H26N4O4/c1-3-21(29)25-19-8-4-6-17(14-19)22-26-23(32-27-22)18-7-5-13-28(15-18)24(30)16-9-11-20(31-2)12-10-16/h4,6,8-12,14,18H,3,5,7,13,15H2,1-2H3,(H,25,29). The van der Waals surface area contributed by atoms with Crippen molar-refractivity contribution in [3.63, 3.8) is 0 Å². The topological polar surface area (TPSA) is 97.6 Å². The molecular weight excluding hydrogens is 408 g/mol. The molecule has 2 aromatic carbocycles. The van der Waals surface area contributed by atoms with Crippen molar-refractivity contribution < 1.29 is 18.8 Å². The predicted octanol–water partition coefficient (Wildman–Crippen LogP) is 4.11. The zero-order chi connectivity index (χ0) is 22.5. The Morgan fingerprint density at radius 3 is 2.78 bits per heavy atom. The molecule has 4 rings (SSSR count). The number of carbonyl (C=O) groups is 2. The summed E-state index contributed by atoms with van der Waals surface area (Å²) >= 11 is 0. The van der Waals surface area contributed by atoms with E-state index in [4.69, 9.17) is 9.26 Å². The van der Waals surface area contributed by atoms with Crippen LogP contribution in [-0.4, -0.2) is 47.1 Å². The van der Waals surface area contributed by atoms with Crippen LogP contribution in [0.1, 0.15) is 48.4 Å². The normalized spacial score (nSPS) is 15.9. The maximum absolute atomic E-state index is 12.9. The minimum atomic E-state index is -0.0558. The molecule has 1 atom stereocenters. The number of ether oxygens (including phenoxy) is 1. The fraction of sp³-hybridized carbons (Fsp3) is 0.333. The number of anilines is 1. The fourth-order valence-corrected chi connectivity index (χ4v) is 3.78. The van der Waals surface area contributed by atoms with Gasteiger partial charge in [0.05, 0.1) is 13.0 Å². The second-order valence-electron chi connectivity index (χ2n) is 7.76. The molecule has 1 aliphatic heterocycles. The molecule has 0 saturated carbocycles. The summed E-state index contributed by atoms with van der Waals surface area (Å²) in [6.45, 7) is 3.03. The maximum atomic E-state index is 12.9. The van der Waals surface area contributed by atoms with Gasteiger partial charge in [-0.15, -0.1) is 0 Å². The number of amides is 2. The summed E-state index contributed by atoms with van der Waals surface area (Å²) in [5.74, 6) is 1.61. The van der Waals surface area contributed by atoms with E-state index in [2.05, 4.69) is 15.5 Å². The Labute approximate surface area is 186 Å². The zero-order valence-corrected chi connectivity index (χ0v) is 18.2. The highest BCUT2D eigenvalue weighted by atomic mass is 16.5. The average molecular weight is 434 g/mol.